The predicted octanol–water partition coefficient (Wildman–Crippen LogP) is 3.72. The topological polar surface area (TPSA) is 79.0 Å². The van der Waals surface area contributed by atoms with Crippen LogP contribution in [0.3, 0.4) is 0 Å². The van der Waals surface area contributed by atoms with Gasteiger partial charge in [-0.3, -0.25) is 4.79 Å². The molecule has 0 aromatic heterocycles. The zero-order valence-corrected chi connectivity index (χ0v) is 20.6. The molecule has 1 N–H and O–H groups in total. The van der Waals surface area contributed by atoms with Gasteiger partial charge in [0.1, 0.15) is 17.3 Å². The third kappa shape index (κ3) is 5.08. The number of rotatable bonds is 7. The Morgan fingerprint density at radius 3 is 2.08 bits per heavy atom. The van der Waals surface area contributed by atoms with Crippen LogP contribution < -0.4 is 15.0 Å². The summed E-state index contributed by atoms with van der Waals surface area (Å²) in [6, 6.07) is 21.2. The van der Waals surface area contributed by atoms with E-state index in [9.17, 15) is 17.6 Å². The average Bonchev–Trinajstić information content (AvgIpc) is 2.90. The van der Waals surface area contributed by atoms with Crippen molar-refractivity contribution in [2.75, 3.05) is 43.4 Å². The Bertz CT molecular complexity index is 1290. The molecule has 36 heavy (non-hydrogen) atoms. The number of piperazine rings is 1. The van der Waals surface area contributed by atoms with E-state index in [-0.39, 0.29) is 24.0 Å². The molecule has 0 spiro atoms. The smallest absolute Gasteiger partial charge is 0.232 e. The van der Waals surface area contributed by atoms with Crippen LogP contribution in [-0.4, -0.2) is 57.1 Å². The Kier molecular flexibility index (Phi) is 6.93. The number of amides is 1. The highest BCUT2D eigenvalue weighted by Crippen LogP contribution is 2.43. The molecule has 7 nitrogen and oxygen atoms in total. The number of hydrogen-bond acceptors (Lipinski definition) is 5. The van der Waals surface area contributed by atoms with Crippen LogP contribution >= 0.6 is 0 Å². The average molecular weight is 510 g/mol. The largest absolute Gasteiger partial charge is 0.457 e. The summed E-state index contributed by atoms with van der Waals surface area (Å²) in [6.45, 7) is 2.10. The van der Waals surface area contributed by atoms with Gasteiger partial charge >= 0.3 is 0 Å². The van der Waals surface area contributed by atoms with Crippen molar-refractivity contribution in [2.45, 2.75) is 12.3 Å². The monoisotopic (exact) mass is 509 g/mol. The number of ether oxygens (including phenoxy) is 1. The standard InChI is InChI=1S/C27H28FN3O4S/c28-20-10-12-21(13-11-20)30-15-17-31(18-16-30)36(33,34)19-5-14-29-27(32)26-22-6-1-3-8-24(22)35-25-9-4-2-7-23(25)26/h1-4,6-13,26H,5,14-19H2,(H,29,32). The number of nitrogens with one attached hydrogen (secondary N) is 1. The molecule has 2 aliphatic rings. The van der Waals surface area contributed by atoms with E-state index in [2.05, 4.69) is 10.2 Å². The summed E-state index contributed by atoms with van der Waals surface area (Å²) in [5.74, 6) is 0.283. The van der Waals surface area contributed by atoms with Gasteiger partial charge in [0.2, 0.25) is 15.9 Å². The van der Waals surface area contributed by atoms with Crippen LogP contribution in [0.1, 0.15) is 23.5 Å². The van der Waals surface area contributed by atoms with Crippen LogP contribution in [0.25, 0.3) is 0 Å². The van der Waals surface area contributed by atoms with E-state index < -0.39 is 15.9 Å². The first-order chi connectivity index (χ1) is 17.4. The molecule has 0 unspecified atom stereocenters. The van der Waals surface area contributed by atoms with Gasteiger partial charge in [0.05, 0.1) is 11.7 Å². The van der Waals surface area contributed by atoms with Crippen molar-refractivity contribution in [1.82, 2.24) is 9.62 Å². The molecular formula is C27H28FN3O4S. The van der Waals surface area contributed by atoms with Crippen molar-refractivity contribution in [3.05, 3.63) is 89.7 Å². The van der Waals surface area contributed by atoms with Crippen molar-refractivity contribution in [3.8, 4) is 11.5 Å². The Morgan fingerprint density at radius 1 is 0.889 bits per heavy atom. The number of para-hydroxylation sites is 2. The number of hydrogen-bond donors (Lipinski definition) is 1. The predicted molar refractivity (Wildman–Crippen MR) is 136 cm³/mol. The minimum atomic E-state index is -3.44. The van der Waals surface area contributed by atoms with Gasteiger partial charge in [0.15, 0.2) is 0 Å². The van der Waals surface area contributed by atoms with Gasteiger partial charge in [-0.25, -0.2) is 12.8 Å². The van der Waals surface area contributed by atoms with Crippen LogP contribution in [-0.2, 0) is 14.8 Å². The molecule has 2 heterocycles. The van der Waals surface area contributed by atoms with E-state index in [1.807, 2.05) is 48.5 Å². The van der Waals surface area contributed by atoms with Crippen molar-refractivity contribution < 1.29 is 22.3 Å². The lowest BCUT2D eigenvalue weighted by Crippen LogP contribution is -2.49. The summed E-state index contributed by atoms with van der Waals surface area (Å²) < 4.78 is 46.4. The van der Waals surface area contributed by atoms with E-state index in [4.69, 9.17) is 4.74 Å². The lowest BCUT2D eigenvalue weighted by molar-refractivity contribution is -0.121. The molecule has 1 amide bonds. The van der Waals surface area contributed by atoms with Gasteiger partial charge in [-0.05, 0) is 42.8 Å². The number of sulfonamides is 1. The molecule has 3 aromatic rings. The Hall–Kier alpha value is -3.43. The minimum Gasteiger partial charge on any atom is -0.457 e. The molecule has 0 saturated carbocycles. The van der Waals surface area contributed by atoms with Gasteiger partial charge < -0.3 is 15.0 Å². The second-order valence-electron chi connectivity index (χ2n) is 8.93. The third-order valence-corrected chi connectivity index (χ3v) is 8.60. The molecule has 5 rings (SSSR count). The number of fused-ring (bicyclic) bond motifs is 2. The first-order valence-corrected chi connectivity index (χ1v) is 13.6. The maximum Gasteiger partial charge on any atom is 0.232 e. The molecular weight excluding hydrogens is 481 g/mol. The van der Waals surface area contributed by atoms with E-state index >= 15 is 0 Å². The first kappa shape index (κ1) is 24.3. The number of halogens is 1. The molecule has 0 atom stereocenters. The SMILES string of the molecule is O=C(NCCCS(=O)(=O)N1CCN(c2ccc(F)cc2)CC1)C1c2ccccc2Oc2ccccc21. The van der Waals surface area contributed by atoms with Crippen LogP contribution in [0.4, 0.5) is 10.1 Å². The van der Waals surface area contributed by atoms with E-state index in [1.54, 1.807) is 12.1 Å². The Morgan fingerprint density at radius 2 is 1.47 bits per heavy atom. The second-order valence-corrected chi connectivity index (χ2v) is 11.0. The highest BCUT2D eigenvalue weighted by Gasteiger charge is 2.32. The summed E-state index contributed by atoms with van der Waals surface area (Å²) in [5, 5.41) is 2.93. The van der Waals surface area contributed by atoms with Crippen molar-refractivity contribution >= 4 is 21.6 Å². The molecule has 3 aromatic carbocycles. The summed E-state index contributed by atoms with van der Waals surface area (Å²) in [4.78, 5) is 15.2. The maximum absolute atomic E-state index is 13.2. The number of anilines is 1. The Balaban J connectivity index is 1.15. The zero-order chi connectivity index (χ0) is 25.1. The molecule has 0 aliphatic carbocycles. The minimum absolute atomic E-state index is 0.0369. The fourth-order valence-electron chi connectivity index (χ4n) is 4.77. The normalized spacial score (nSPS) is 16.1. The van der Waals surface area contributed by atoms with Gasteiger partial charge in [-0.15, -0.1) is 0 Å². The van der Waals surface area contributed by atoms with Crippen molar-refractivity contribution in [1.29, 1.82) is 0 Å². The highest BCUT2D eigenvalue weighted by molar-refractivity contribution is 7.89. The first-order valence-electron chi connectivity index (χ1n) is 12.0. The van der Waals surface area contributed by atoms with Gasteiger partial charge in [-0.2, -0.15) is 4.31 Å². The fourth-order valence-corrected chi connectivity index (χ4v) is 6.25. The van der Waals surface area contributed by atoms with E-state index in [1.165, 1.54) is 16.4 Å². The van der Waals surface area contributed by atoms with Gasteiger partial charge in [-0.1, -0.05) is 36.4 Å². The maximum atomic E-state index is 13.2. The third-order valence-electron chi connectivity index (χ3n) is 6.64. The van der Waals surface area contributed by atoms with E-state index in [0.29, 0.717) is 44.1 Å². The van der Waals surface area contributed by atoms with Crippen LogP contribution in [0.2, 0.25) is 0 Å². The summed E-state index contributed by atoms with van der Waals surface area (Å²) in [7, 11) is -3.44. The zero-order valence-electron chi connectivity index (χ0n) is 19.8. The highest BCUT2D eigenvalue weighted by atomic mass is 32.2. The summed E-state index contributed by atoms with van der Waals surface area (Å²) >= 11 is 0. The second kappa shape index (κ2) is 10.3. The van der Waals surface area contributed by atoms with Gasteiger partial charge in [0.25, 0.3) is 0 Å². The molecule has 9 heteroatoms. The number of carbonyl (C=O) groups is 1. The van der Waals surface area contributed by atoms with Crippen LogP contribution in [0.5, 0.6) is 11.5 Å². The lowest BCUT2D eigenvalue weighted by Gasteiger charge is -2.35. The van der Waals surface area contributed by atoms with Crippen LogP contribution in [0.15, 0.2) is 72.8 Å². The molecule has 1 fully saturated rings. The number of benzene rings is 3. The fraction of sp³-hybridized carbons (Fsp3) is 0.296. The van der Waals surface area contributed by atoms with Crippen molar-refractivity contribution in [2.24, 2.45) is 0 Å². The van der Waals surface area contributed by atoms with Crippen LogP contribution in [0, 0.1) is 5.82 Å². The lowest BCUT2D eigenvalue weighted by atomic mass is 9.87. The molecule has 2 aliphatic heterocycles. The van der Waals surface area contributed by atoms with Gasteiger partial charge in [0, 0.05) is 49.5 Å². The molecule has 188 valence electrons. The molecule has 0 radical (unpaired) electrons. The summed E-state index contributed by atoms with van der Waals surface area (Å²) in [6.07, 6.45) is 0.318. The quantitative estimate of drug-likeness (QED) is 0.491. The molecule has 0 bridgehead atoms. The Labute approximate surface area is 210 Å². The summed E-state index contributed by atoms with van der Waals surface area (Å²) in [5.41, 5.74) is 2.47. The molecule has 1 saturated heterocycles. The van der Waals surface area contributed by atoms with E-state index in [0.717, 1.165) is 16.8 Å². The number of nitrogens with zero attached hydrogens (tertiary/aromatic N) is 2. The number of carbonyl (C=O) groups excluding carboxylic acids is 1. The van der Waals surface area contributed by atoms with Crippen molar-refractivity contribution in [3.63, 3.8) is 0 Å².